The first-order valence-electron chi connectivity index (χ1n) is 7.57. The Kier molecular flexibility index (Phi) is 7.81. The van der Waals surface area contributed by atoms with Gasteiger partial charge in [-0.25, -0.2) is 0 Å². The molecule has 0 amide bonds. The van der Waals surface area contributed by atoms with Gasteiger partial charge in [0, 0.05) is 8.07 Å². The quantitative estimate of drug-likeness (QED) is 0.410. The summed E-state index contributed by atoms with van der Waals surface area (Å²) in [6.45, 7) is 8.27. The molecule has 1 rings (SSSR count). The number of aliphatic hydroxyl groups excluding tert-OH is 1. The van der Waals surface area contributed by atoms with E-state index in [2.05, 4.69) is 49.2 Å². The van der Waals surface area contributed by atoms with Crippen molar-refractivity contribution in [3.8, 4) is 0 Å². The summed E-state index contributed by atoms with van der Waals surface area (Å²) < 4.78 is 0. The van der Waals surface area contributed by atoms with E-state index in [0.29, 0.717) is 0 Å². The third-order valence-corrected chi connectivity index (χ3v) is 4.68. The van der Waals surface area contributed by atoms with Crippen LogP contribution >= 0.6 is 0 Å². The second-order valence-electron chi connectivity index (χ2n) is 6.48. The smallest absolute Gasteiger partial charge is 0.0626 e. The van der Waals surface area contributed by atoms with E-state index >= 15 is 0 Å². The van der Waals surface area contributed by atoms with Gasteiger partial charge in [-0.1, -0.05) is 62.1 Å². The monoisotopic (exact) mass is 291 g/mol. The summed E-state index contributed by atoms with van der Waals surface area (Å²) >= 11 is 0. The average Bonchev–Trinajstić information content (AvgIpc) is 2.42. The maximum Gasteiger partial charge on any atom is 0.0626 e. The van der Waals surface area contributed by atoms with Gasteiger partial charge in [-0.2, -0.15) is 0 Å². The van der Waals surface area contributed by atoms with Crippen molar-refractivity contribution >= 4 is 8.07 Å². The lowest BCUT2D eigenvalue weighted by Gasteiger charge is -2.16. The van der Waals surface area contributed by atoms with Gasteiger partial charge >= 0.3 is 0 Å². The molecule has 3 heteroatoms. The van der Waals surface area contributed by atoms with E-state index in [1.54, 1.807) is 0 Å². The van der Waals surface area contributed by atoms with Crippen molar-refractivity contribution in [3.63, 3.8) is 0 Å². The molecule has 1 aromatic carbocycles. The molecule has 0 aliphatic heterocycles. The highest BCUT2D eigenvalue weighted by Crippen LogP contribution is 2.12. The minimum Gasteiger partial charge on any atom is -0.394 e. The largest absolute Gasteiger partial charge is 0.394 e. The molecule has 0 aromatic heterocycles. The van der Waals surface area contributed by atoms with E-state index in [1.807, 2.05) is 18.2 Å². The molecule has 20 heavy (non-hydrogen) atoms. The molecule has 0 radical (unpaired) electrons. The maximum atomic E-state index is 9.44. The van der Waals surface area contributed by atoms with Crippen molar-refractivity contribution in [1.82, 2.24) is 5.32 Å². The first kappa shape index (κ1) is 17.1. The molecule has 112 valence electrons. The number of rotatable bonds is 9. The Morgan fingerprint density at radius 2 is 1.85 bits per heavy atom. The zero-order valence-electron chi connectivity index (χ0n) is 13.1. The van der Waals surface area contributed by atoms with Gasteiger partial charge in [0.25, 0.3) is 0 Å². The van der Waals surface area contributed by atoms with E-state index in [-0.39, 0.29) is 12.6 Å². The predicted octanol–water partition coefficient (Wildman–Crippen LogP) is 3.98. The van der Waals surface area contributed by atoms with Crippen molar-refractivity contribution in [2.24, 2.45) is 0 Å². The predicted molar refractivity (Wildman–Crippen MR) is 90.8 cm³/mol. The van der Waals surface area contributed by atoms with E-state index < -0.39 is 8.07 Å². The molecular formula is C17H29NOSi. The number of unbranched alkanes of at least 4 members (excludes halogenated alkanes) is 1. The molecule has 0 spiro atoms. The number of nitrogens with one attached hydrogen (secondary N) is 1. The first-order chi connectivity index (χ1) is 9.53. The van der Waals surface area contributed by atoms with Crippen LogP contribution in [0.4, 0.5) is 0 Å². The SMILES string of the molecule is C[Si](C)(C)C/C=C/CCCN[C@@H](CO)c1ccccc1. The highest BCUT2D eigenvalue weighted by Gasteiger charge is 2.09. The van der Waals surface area contributed by atoms with Crippen molar-refractivity contribution < 1.29 is 5.11 Å². The lowest BCUT2D eigenvalue weighted by Crippen LogP contribution is -2.25. The highest BCUT2D eigenvalue weighted by atomic mass is 28.3. The standard InChI is InChI=1S/C17H29NOSi/c1-20(2,3)14-10-5-4-9-13-18-17(15-19)16-11-7-6-8-12-16/h5-8,10-12,17-19H,4,9,13-15H2,1-3H3/b10-5+/t17-/m0/s1. The Morgan fingerprint density at radius 1 is 1.15 bits per heavy atom. The van der Waals surface area contributed by atoms with Gasteiger partial charge in [0.05, 0.1) is 12.6 Å². The molecular weight excluding hydrogens is 262 g/mol. The summed E-state index contributed by atoms with van der Waals surface area (Å²) in [5.41, 5.74) is 1.16. The Labute approximate surface area is 124 Å². The van der Waals surface area contributed by atoms with Crippen LogP contribution in [0.15, 0.2) is 42.5 Å². The first-order valence-corrected chi connectivity index (χ1v) is 11.3. The molecule has 1 aromatic rings. The molecule has 2 N–H and O–H groups in total. The van der Waals surface area contributed by atoms with E-state index in [0.717, 1.165) is 24.9 Å². The molecule has 0 fully saturated rings. The minimum atomic E-state index is -0.929. The summed E-state index contributed by atoms with van der Waals surface area (Å²) in [5, 5.41) is 12.9. The zero-order valence-corrected chi connectivity index (χ0v) is 14.1. The van der Waals surface area contributed by atoms with Gasteiger partial charge in [0.1, 0.15) is 0 Å². The summed E-state index contributed by atoms with van der Waals surface area (Å²) in [6.07, 6.45) is 6.87. The normalized spacial score (nSPS) is 13.8. The average molecular weight is 292 g/mol. The van der Waals surface area contributed by atoms with Crippen LogP contribution in [0.5, 0.6) is 0 Å². The lowest BCUT2D eigenvalue weighted by molar-refractivity contribution is 0.244. The fourth-order valence-corrected chi connectivity index (χ4v) is 2.90. The third kappa shape index (κ3) is 7.63. The second kappa shape index (κ2) is 9.11. The van der Waals surface area contributed by atoms with Gasteiger partial charge in [-0.05, 0) is 31.0 Å². The third-order valence-electron chi connectivity index (χ3n) is 3.22. The second-order valence-corrected chi connectivity index (χ2v) is 12.0. The Hall–Kier alpha value is -0.903. The van der Waals surface area contributed by atoms with E-state index in [9.17, 15) is 5.11 Å². The van der Waals surface area contributed by atoms with Crippen molar-refractivity contribution in [2.45, 2.75) is 44.6 Å². The summed E-state index contributed by atoms with van der Waals surface area (Å²) in [7, 11) is -0.929. The van der Waals surface area contributed by atoms with E-state index in [4.69, 9.17) is 0 Å². The van der Waals surface area contributed by atoms with Crippen LogP contribution in [0.1, 0.15) is 24.4 Å². The zero-order chi connectivity index (χ0) is 14.8. The van der Waals surface area contributed by atoms with Crippen LogP contribution in [0.25, 0.3) is 0 Å². The molecule has 0 aliphatic rings. The molecule has 2 nitrogen and oxygen atoms in total. The maximum absolute atomic E-state index is 9.44. The van der Waals surface area contributed by atoms with Gasteiger partial charge < -0.3 is 10.4 Å². The van der Waals surface area contributed by atoms with Crippen LogP contribution in [0, 0.1) is 0 Å². The fraction of sp³-hybridized carbons (Fsp3) is 0.529. The van der Waals surface area contributed by atoms with Gasteiger partial charge in [-0.3, -0.25) is 0 Å². The summed E-state index contributed by atoms with van der Waals surface area (Å²) in [6, 6.07) is 11.5. The van der Waals surface area contributed by atoms with Gasteiger partial charge in [-0.15, -0.1) is 0 Å². The summed E-state index contributed by atoms with van der Waals surface area (Å²) in [5.74, 6) is 0. The van der Waals surface area contributed by atoms with Crippen molar-refractivity contribution in [3.05, 3.63) is 48.0 Å². The summed E-state index contributed by atoms with van der Waals surface area (Å²) in [4.78, 5) is 0. The van der Waals surface area contributed by atoms with Gasteiger partial charge in [0.15, 0.2) is 0 Å². The number of hydrogen-bond acceptors (Lipinski definition) is 2. The van der Waals surface area contributed by atoms with Crippen LogP contribution < -0.4 is 5.32 Å². The van der Waals surface area contributed by atoms with Crippen molar-refractivity contribution in [2.75, 3.05) is 13.2 Å². The molecule has 0 saturated carbocycles. The van der Waals surface area contributed by atoms with Crippen molar-refractivity contribution in [1.29, 1.82) is 0 Å². The molecule has 1 atom stereocenters. The molecule has 0 aliphatic carbocycles. The van der Waals surface area contributed by atoms with Crippen LogP contribution in [-0.4, -0.2) is 26.3 Å². The highest BCUT2D eigenvalue weighted by molar-refractivity contribution is 6.76. The number of benzene rings is 1. The number of hydrogen-bond donors (Lipinski definition) is 2. The van der Waals surface area contributed by atoms with Gasteiger partial charge in [0.2, 0.25) is 0 Å². The number of aliphatic hydroxyl groups is 1. The molecule has 0 unspecified atom stereocenters. The molecule has 0 heterocycles. The topological polar surface area (TPSA) is 32.3 Å². The Morgan fingerprint density at radius 3 is 2.45 bits per heavy atom. The van der Waals surface area contributed by atoms with Crippen LogP contribution in [0.2, 0.25) is 25.7 Å². The fourth-order valence-electron chi connectivity index (χ4n) is 2.02. The minimum absolute atomic E-state index is 0.0576. The Bertz CT molecular complexity index is 384. The number of allylic oxidation sites excluding steroid dienone is 2. The van der Waals surface area contributed by atoms with Crippen LogP contribution in [-0.2, 0) is 0 Å². The molecule has 0 saturated heterocycles. The Balaban J connectivity index is 2.20. The van der Waals surface area contributed by atoms with E-state index in [1.165, 1.54) is 6.04 Å². The lowest BCUT2D eigenvalue weighted by atomic mass is 10.1. The molecule has 0 bridgehead atoms. The van der Waals surface area contributed by atoms with Crippen LogP contribution in [0.3, 0.4) is 0 Å².